The number of benzene rings is 2. The number of hydrogen-bond donors (Lipinski definition) is 1. The van der Waals surface area contributed by atoms with Gasteiger partial charge in [0.05, 0.1) is 9.68 Å². The summed E-state index contributed by atoms with van der Waals surface area (Å²) >= 11 is 6.85. The van der Waals surface area contributed by atoms with Gasteiger partial charge in [0.25, 0.3) is 0 Å². The standard InChI is InChI=1S/C18H14Br2O3/c1-3-15-17(12-5-4-11(21)8-16(12)23-15)18(22)10-6-13(19)9(2)14(20)7-10/h4-8,21H,3H2,1-2H3/i4D,5D,8D. The minimum Gasteiger partial charge on any atom is -0.508 e. The Morgan fingerprint density at radius 1 is 1.30 bits per heavy atom. The number of fused-ring (bicyclic) bond motifs is 1. The zero-order valence-corrected chi connectivity index (χ0v) is 15.6. The molecule has 3 nitrogen and oxygen atoms in total. The number of aromatic hydroxyl groups is 1. The van der Waals surface area contributed by atoms with Crippen LogP contribution in [-0.2, 0) is 6.42 Å². The monoisotopic (exact) mass is 439 g/mol. The minimum absolute atomic E-state index is 0.0473. The summed E-state index contributed by atoms with van der Waals surface area (Å²) in [4.78, 5) is 13.2. The molecule has 1 aromatic heterocycles. The summed E-state index contributed by atoms with van der Waals surface area (Å²) in [7, 11) is 0. The summed E-state index contributed by atoms with van der Waals surface area (Å²) in [6.07, 6.45) is 0.372. The first-order valence-electron chi connectivity index (χ1n) is 8.43. The Labute approximate surface area is 154 Å². The predicted octanol–water partition coefficient (Wildman–Crippen LogP) is 5.77. The van der Waals surface area contributed by atoms with Gasteiger partial charge in [0.1, 0.15) is 17.1 Å². The molecule has 0 amide bonds. The van der Waals surface area contributed by atoms with Crippen molar-refractivity contribution in [1.82, 2.24) is 0 Å². The molecule has 2 aromatic carbocycles. The van der Waals surface area contributed by atoms with Crippen LogP contribution in [0.15, 0.2) is 43.6 Å². The molecule has 0 aliphatic rings. The van der Waals surface area contributed by atoms with Crippen LogP contribution in [0.3, 0.4) is 0 Å². The Hall–Kier alpha value is -1.59. The number of carbonyl (C=O) groups excluding carboxylic acids is 1. The van der Waals surface area contributed by atoms with Crippen LogP contribution in [0.5, 0.6) is 5.75 Å². The van der Waals surface area contributed by atoms with E-state index in [0.717, 1.165) is 14.5 Å². The van der Waals surface area contributed by atoms with Gasteiger partial charge in [-0.2, -0.15) is 0 Å². The van der Waals surface area contributed by atoms with E-state index in [0.29, 0.717) is 17.7 Å². The van der Waals surface area contributed by atoms with Gasteiger partial charge in [-0.05, 0) is 36.7 Å². The first kappa shape index (κ1) is 12.8. The van der Waals surface area contributed by atoms with E-state index in [1.165, 1.54) is 0 Å². The van der Waals surface area contributed by atoms with Gasteiger partial charge in [0.15, 0.2) is 5.78 Å². The van der Waals surface area contributed by atoms with Gasteiger partial charge in [-0.15, -0.1) is 0 Å². The molecule has 0 spiro atoms. The van der Waals surface area contributed by atoms with Gasteiger partial charge in [0.2, 0.25) is 0 Å². The largest absolute Gasteiger partial charge is 0.508 e. The van der Waals surface area contributed by atoms with E-state index in [4.69, 9.17) is 8.53 Å². The number of halogens is 2. The van der Waals surface area contributed by atoms with Gasteiger partial charge >= 0.3 is 0 Å². The van der Waals surface area contributed by atoms with E-state index in [1.807, 2.05) is 6.92 Å². The number of phenolic OH excluding ortho intramolecular Hbond substituents is 1. The highest BCUT2D eigenvalue weighted by Gasteiger charge is 2.22. The fourth-order valence-corrected chi connectivity index (χ4v) is 3.54. The molecule has 3 rings (SSSR count). The highest BCUT2D eigenvalue weighted by Crippen LogP contribution is 2.33. The van der Waals surface area contributed by atoms with Crippen molar-refractivity contribution in [2.45, 2.75) is 20.3 Å². The Morgan fingerprint density at radius 2 is 1.96 bits per heavy atom. The molecule has 3 aromatic rings. The van der Waals surface area contributed by atoms with Crippen LogP contribution in [0.25, 0.3) is 11.0 Å². The Kier molecular flexibility index (Phi) is 3.41. The summed E-state index contributed by atoms with van der Waals surface area (Å²) in [5.41, 5.74) is 1.45. The second kappa shape index (κ2) is 6.13. The third kappa shape index (κ3) is 2.83. The fraction of sp³-hybridized carbons (Fsp3) is 0.167. The summed E-state index contributed by atoms with van der Waals surface area (Å²) in [6, 6.07) is 2.17. The van der Waals surface area contributed by atoms with Crippen molar-refractivity contribution in [2.75, 3.05) is 0 Å². The quantitative estimate of drug-likeness (QED) is 0.526. The molecule has 0 radical (unpaired) electrons. The molecule has 0 aliphatic heterocycles. The average molecular weight is 441 g/mol. The molecule has 118 valence electrons. The van der Waals surface area contributed by atoms with Crippen LogP contribution in [0, 0.1) is 6.92 Å². The molecule has 5 heteroatoms. The van der Waals surface area contributed by atoms with Crippen molar-refractivity contribution in [1.29, 1.82) is 0 Å². The van der Waals surface area contributed by atoms with Crippen molar-refractivity contribution >= 4 is 48.6 Å². The molecular formula is C18H14Br2O3. The number of phenols is 1. The first-order chi connectivity index (χ1) is 12.2. The molecule has 23 heavy (non-hydrogen) atoms. The maximum Gasteiger partial charge on any atom is 0.197 e. The molecule has 0 atom stereocenters. The van der Waals surface area contributed by atoms with Crippen molar-refractivity contribution in [2.24, 2.45) is 0 Å². The molecule has 1 heterocycles. The fourth-order valence-electron chi connectivity index (χ4n) is 2.36. The first-order valence-corrected chi connectivity index (χ1v) is 8.52. The Morgan fingerprint density at radius 3 is 2.57 bits per heavy atom. The van der Waals surface area contributed by atoms with E-state index in [1.54, 1.807) is 19.1 Å². The molecule has 0 bridgehead atoms. The summed E-state index contributed by atoms with van der Waals surface area (Å²) in [5.74, 6) is -0.663. The van der Waals surface area contributed by atoms with Crippen molar-refractivity contribution in [3.05, 3.63) is 61.7 Å². The highest BCUT2D eigenvalue weighted by atomic mass is 79.9. The van der Waals surface area contributed by atoms with Crippen LogP contribution in [0.1, 0.15) is 38.3 Å². The maximum atomic E-state index is 13.2. The van der Waals surface area contributed by atoms with Gasteiger partial charge in [0, 0.05) is 32.4 Å². The van der Waals surface area contributed by atoms with E-state index in [-0.39, 0.29) is 34.4 Å². The zero-order valence-electron chi connectivity index (χ0n) is 15.4. The second-order valence-electron chi connectivity index (χ2n) is 5.08. The third-order valence-corrected chi connectivity index (χ3v) is 5.26. The summed E-state index contributed by atoms with van der Waals surface area (Å²) < 4.78 is 31.1. The Bertz CT molecular complexity index is 1050. The van der Waals surface area contributed by atoms with Crippen LogP contribution in [0.2, 0.25) is 0 Å². The van der Waals surface area contributed by atoms with Crippen LogP contribution < -0.4 is 0 Å². The average Bonchev–Trinajstić information content (AvgIpc) is 3.01. The number of hydrogen-bond acceptors (Lipinski definition) is 3. The van der Waals surface area contributed by atoms with Crippen molar-refractivity contribution in [3.8, 4) is 5.75 Å². The lowest BCUT2D eigenvalue weighted by Crippen LogP contribution is -2.04. The molecule has 0 saturated heterocycles. The number of carbonyl (C=O) groups is 1. The number of ketones is 1. The van der Waals surface area contributed by atoms with Gasteiger partial charge in [-0.3, -0.25) is 4.79 Å². The van der Waals surface area contributed by atoms with Crippen LogP contribution >= 0.6 is 31.9 Å². The highest BCUT2D eigenvalue weighted by molar-refractivity contribution is 9.11. The maximum absolute atomic E-state index is 13.2. The van der Waals surface area contributed by atoms with Gasteiger partial charge in [-0.25, -0.2) is 0 Å². The van der Waals surface area contributed by atoms with Crippen molar-refractivity contribution in [3.63, 3.8) is 0 Å². The predicted molar refractivity (Wildman–Crippen MR) is 97.3 cm³/mol. The number of aryl methyl sites for hydroxylation is 1. The van der Waals surface area contributed by atoms with Crippen LogP contribution in [0.4, 0.5) is 0 Å². The minimum atomic E-state index is -0.626. The molecule has 1 N–H and O–H groups in total. The SMILES string of the molecule is [2H]c1c(O)c([2H])c2oc(CC)c(C(=O)c3cc(Br)c(C)c(Br)c3)c2c1[2H]. The van der Waals surface area contributed by atoms with E-state index >= 15 is 0 Å². The number of furan rings is 1. The summed E-state index contributed by atoms with van der Waals surface area (Å²) in [6.45, 7) is 3.70. The smallest absolute Gasteiger partial charge is 0.197 e. The van der Waals surface area contributed by atoms with Crippen molar-refractivity contribution < 1.29 is 18.4 Å². The van der Waals surface area contributed by atoms with Crippen LogP contribution in [-0.4, -0.2) is 10.9 Å². The summed E-state index contributed by atoms with van der Waals surface area (Å²) in [5, 5.41) is 9.95. The topological polar surface area (TPSA) is 50.4 Å². The van der Waals surface area contributed by atoms with E-state index in [9.17, 15) is 9.90 Å². The second-order valence-corrected chi connectivity index (χ2v) is 6.78. The van der Waals surface area contributed by atoms with Gasteiger partial charge in [-0.1, -0.05) is 38.8 Å². The Balaban J connectivity index is 2.36. The molecule has 0 unspecified atom stereocenters. The molecule has 0 fully saturated rings. The zero-order chi connectivity index (χ0) is 19.3. The molecular weight excluding hydrogens is 424 g/mol. The molecule has 0 aliphatic carbocycles. The van der Waals surface area contributed by atoms with E-state index in [2.05, 4.69) is 31.9 Å². The normalized spacial score (nSPS) is 13.0. The third-order valence-electron chi connectivity index (χ3n) is 3.61. The lowest BCUT2D eigenvalue weighted by atomic mass is 9.98. The number of rotatable bonds is 3. The van der Waals surface area contributed by atoms with E-state index < -0.39 is 11.8 Å². The lowest BCUT2D eigenvalue weighted by Gasteiger charge is -2.07. The lowest BCUT2D eigenvalue weighted by molar-refractivity contribution is 0.103. The molecule has 0 saturated carbocycles. The van der Waals surface area contributed by atoms with Gasteiger partial charge < -0.3 is 9.52 Å².